The summed E-state index contributed by atoms with van der Waals surface area (Å²) in [5.74, 6) is -0.0752. The molecule has 0 bridgehead atoms. The van der Waals surface area contributed by atoms with Crippen molar-refractivity contribution in [3.05, 3.63) is 34.3 Å². The first-order valence-corrected chi connectivity index (χ1v) is 6.45. The van der Waals surface area contributed by atoms with E-state index < -0.39 is 2.14 Å². The molecule has 1 rings (SSSR count). The van der Waals surface area contributed by atoms with Gasteiger partial charge in [-0.15, -0.1) is 0 Å². The van der Waals surface area contributed by atoms with E-state index in [4.69, 9.17) is 0 Å². The van der Waals surface area contributed by atoms with E-state index in [1.807, 2.05) is 12.1 Å². The number of benzene rings is 1. The Hall–Kier alpha value is 0.810. The summed E-state index contributed by atoms with van der Waals surface area (Å²) in [6.07, 6.45) is 0. The van der Waals surface area contributed by atoms with Crippen LogP contribution >= 0.6 is 63.7 Å². The smallest absolute Gasteiger partial charge is 0.201 e. The van der Waals surface area contributed by atoms with Gasteiger partial charge in [-0.3, -0.25) is 4.79 Å². The van der Waals surface area contributed by atoms with Gasteiger partial charge in [0.15, 0.2) is 2.14 Å². The summed E-state index contributed by atoms with van der Waals surface area (Å²) in [7, 11) is 0. The second-order valence-corrected chi connectivity index (χ2v) is 10.0. The number of rotatable bonds is 1. The van der Waals surface area contributed by atoms with Crippen molar-refractivity contribution in [2.75, 3.05) is 0 Å². The minimum absolute atomic E-state index is 0.0752. The summed E-state index contributed by atoms with van der Waals surface area (Å²) in [5.41, 5.74) is 0.625. The molecule has 1 nitrogen and oxygen atoms in total. The Balaban J connectivity index is 3.03. The molecule has 0 saturated heterocycles. The summed E-state index contributed by atoms with van der Waals surface area (Å²) >= 11 is 12.8. The summed E-state index contributed by atoms with van der Waals surface area (Å²) in [4.78, 5) is 11.7. The maximum Gasteiger partial charge on any atom is 0.201 e. The van der Waals surface area contributed by atoms with Gasteiger partial charge in [-0.2, -0.15) is 0 Å². The molecule has 0 aliphatic heterocycles. The van der Waals surface area contributed by atoms with Gasteiger partial charge < -0.3 is 0 Å². The van der Waals surface area contributed by atoms with Crippen LogP contribution in [0.15, 0.2) is 28.7 Å². The molecular formula is C8H4Br4O. The topological polar surface area (TPSA) is 17.1 Å². The maximum absolute atomic E-state index is 11.7. The molecule has 0 amide bonds. The first-order chi connectivity index (χ1) is 5.91. The van der Waals surface area contributed by atoms with Crippen molar-refractivity contribution in [2.45, 2.75) is 2.14 Å². The van der Waals surface area contributed by atoms with Crippen molar-refractivity contribution < 1.29 is 4.79 Å². The van der Waals surface area contributed by atoms with Crippen molar-refractivity contribution in [1.82, 2.24) is 0 Å². The molecular weight excluding hydrogens is 432 g/mol. The first kappa shape index (κ1) is 11.9. The fourth-order valence-electron chi connectivity index (χ4n) is 0.793. The van der Waals surface area contributed by atoms with Crippen LogP contribution in [0.2, 0.25) is 0 Å². The van der Waals surface area contributed by atoms with Crippen LogP contribution in [0.25, 0.3) is 0 Å². The van der Waals surface area contributed by atoms with Crippen molar-refractivity contribution in [3.63, 3.8) is 0 Å². The van der Waals surface area contributed by atoms with Gasteiger partial charge in [-0.1, -0.05) is 75.9 Å². The number of carbonyl (C=O) groups excluding carboxylic acids is 1. The number of carbonyl (C=O) groups is 1. The fraction of sp³-hybridized carbons (Fsp3) is 0.125. The van der Waals surface area contributed by atoms with Gasteiger partial charge >= 0.3 is 0 Å². The van der Waals surface area contributed by atoms with Gasteiger partial charge in [-0.05, 0) is 12.1 Å². The predicted molar refractivity (Wildman–Crippen MR) is 68.0 cm³/mol. The monoisotopic (exact) mass is 432 g/mol. The predicted octanol–water partition coefficient (Wildman–Crippen LogP) is 4.47. The number of hydrogen-bond donors (Lipinski definition) is 0. The zero-order chi connectivity index (χ0) is 10.1. The molecule has 5 heteroatoms. The van der Waals surface area contributed by atoms with Crippen molar-refractivity contribution in [3.8, 4) is 0 Å². The van der Waals surface area contributed by atoms with Crippen LogP contribution in [0.5, 0.6) is 0 Å². The van der Waals surface area contributed by atoms with Crippen molar-refractivity contribution >= 4 is 69.5 Å². The molecule has 0 atom stereocenters. The number of Topliss-reactive ketones (excluding diaryl/α,β-unsaturated/α-hetero) is 1. The molecule has 13 heavy (non-hydrogen) atoms. The number of alkyl halides is 3. The van der Waals surface area contributed by atoms with Crippen LogP contribution in [0.4, 0.5) is 0 Å². The Morgan fingerprint density at radius 1 is 1.23 bits per heavy atom. The fourth-order valence-corrected chi connectivity index (χ4v) is 1.88. The lowest BCUT2D eigenvalue weighted by molar-refractivity contribution is 0.101. The molecule has 0 fully saturated rings. The molecule has 0 heterocycles. The Bertz CT molecular complexity index is 329. The Morgan fingerprint density at radius 2 is 1.85 bits per heavy atom. The Kier molecular flexibility index (Phi) is 4.16. The highest BCUT2D eigenvalue weighted by atomic mass is 80.0. The van der Waals surface area contributed by atoms with Crippen LogP contribution in [-0.2, 0) is 0 Å². The van der Waals surface area contributed by atoms with E-state index in [2.05, 4.69) is 63.7 Å². The van der Waals surface area contributed by atoms with E-state index in [0.717, 1.165) is 4.47 Å². The molecule has 1 aromatic rings. The molecule has 0 aliphatic carbocycles. The van der Waals surface area contributed by atoms with Crippen molar-refractivity contribution in [2.24, 2.45) is 0 Å². The third-order valence-electron chi connectivity index (χ3n) is 1.34. The minimum Gasteiger partial charge on any atom is -0.291 e. The van der Waals surface area contributed by atoms with E-state index in [1.54, 1.807) is 12.1 Å². The second kappa shape index (κ2) is 4.55. The molecule has 0 radical (unpaired) electrons. The van der Waals surface area contributed by atoms with E-state index in [1.165, 1.54) is 0 Å². The number of halogens is 4. The molecule has 0 aliphatic rings. The van der Waals surface area contributed by atoms with Gasteiger partial charge in [0.05, 0.1) is 0 Å². The molecule has 1 aromatic carbocycles. The molecule has 70 valence electrons. The van der Waals surface area contributed by atoms with Gasteiger partial charge in [0.2, 0.25) is 5.78 Å². The molecule has 0 N–H and O–H groups in total. The van der Waals surface area contributed by atoms with Crippen LogP contribution in [-0.4, -0.2) is 7.93 Å². The van der Waals surface area contributed by atoms with E-state index in [9.17, 15) is 4.79 Å². The third kappa shape index (κ3) is 3.46. The number of ketones is 1. The molecule has 0 aromatic heterocycles. The lowest BCUT2D eigenvalue weighted by Crippen LogP contribution is -2.16. The van der Waals surface area contributed by atoms with Gasteiger partial charge in [0.1, 0.15) is 0 Å². The molecule has 0 unspecified atom stereocenters. The van der Waals surface area contributed by atoms with Crippen LogP contribution < -0.4 is 0 Å². The Morgan fingerprint density at radius 3 is 2.31 bits per heavy atom. The second-order valence-electron chi connectivity index (χ2n) is 2.34. The molecule has 0 spiro atoms. The normalized spacial score (nSPS) is 11.4. The lowest BCUT2D eigenvalue weighted by Gasteiger charge is -2.10. The standard InChI is InChI=1S/C8H4Br4O/c9-6-3-1-2-5(4-6)7(13)8(10,11)12/h1-4H. The highest BCUT2D eigenvalue weighted by Gasteiger charge is 2.29. The van der Waals surface area contributed by atoms with E-state index >= 15 is 0 Å². The average molecular weight is 436 g/mol. The zero-order valence-electron chi connectivity index (χ0n) is 6.23. The van der Waals surface area contributed by atoms with Crippen LogP contribution in [0.3, 0.4) is 0 Å². The number of hydrogen-bond acceptors (Lipinski definition) is 1. The SMILES string of the molecule is O=C(c1cccc(Br)c1)C(Br)(Br)Br. The largest absolute Gasteiger partial charge is 0.291 e. The van der Waals surface area contributed by atoms with E-state index in [0.29, 0.717) is 5.56 Å². The summed E-state index contributed by atoms with van der Waals surface area (Å²) in [5, 5.41) is 0. The summed E-state index contributed by atoms with van der Waals surface area (Å²) < 4.78 is 0.0171. The average Bonchev–Trinajstić information content (AvgIpc) is 2.01. The highest BCUT2D eigenvalue weighted by molar-refractivity contribution is 9.40. The highest BCUT2D eigenvalue weighted by Crippen LogP contribution is 2.37. The van der Waals surface area contributed by atoms with E-state index in [-0.39, 0.29) is 5.78 Å². The molecule has 0 saturated carbocycles. The summed E-state index contributed by atoms with van der Waals surface area (Å²) in [6.45, 7) is 0. The summed E-state index contributed by atoms with van der Waals surface area (Å²) in [6, 6.07) is 7.21. The Labute approximate surface area is 110 Å². The van der Waals surface area contributed by atoms with Crippen LogP contribution in [0.1, 0.15) is 10.4 Å². The third-order valence-corrected chi connectivity index (χ3v) is 2.92. The van der Waals surface area contributed by atoms with Crippen molar-refractivity contribution in [1.29, 1.82) is 0 Å². The quantitative estimate of drug-likeness (QED) is 0.470. The van der Waals surface area contributed by atoms with Gasteiger partial charge in [0, 0.05) is 10.0 Å². The van der Waals surface area contributed by atoms with Gasteiger partial charge in [-0.25, -0.2) is 0 Å². The minimum atomic E-state index is -0.867. The first-order valence-electron chi connectivity index (χ1n) is 3.28. The van der Waals surface area contributed by atoms with Crippen LogP contribution in [0, 0.1) is 0 Å². The maximum atomic E-state index is 11.7. The van der Waals surface area contributed by atoms with Gasteiger partial charge in [0.25, 0.3) is 0 Å². The zero-order valence-corrected chi connectivity index (χ0v) is 12.6. The lowest BCUT2D eigenvalue weighted by atomic mass is 10.2.